The first-order valence-electron chi connectivity index (χ1n) is 2.21. The average Bonchev–Trinajstić information content (AvgIpc) is 1.77. The molecule has 0 atom stereocenters. The van der Waals surface area contributed by atoms with E-state index in [4.69, 9.17) is 0 Å². The SMILES string of the molecule is C=c1[nH][nH]c(=C)[nH][nH]1. The van der Waals surface area contributed by atoms with E-state index in [1.165, 1.54) is 0 Å². The van der Waals surface area contributed by atoms with E-state index in [2.05, 4.69) is 33.6 Å². The molecule has 0 aliphatic heterocycles. The summed E-state index contributed by atoms with van der Waals surface area (Å²) < 4.78 is 0. The van der Waals surface area contributed by atoms with Crippen molar-refractivity contribution in [3.8, 4) is 0 Å². The first kappa shape index (κ1) is 4.83. The van der Waals surface area contributed by atoms with Crippen LogP contribution in [0.5, 0.6) is 0 Å². The third kappa shape index (κ3) is 0.841. The van der Waals surface area contributed by atoms with E-state index in [-0.39, 0.29) is 0 Å². The molecule has 4 nitrogen and oxygen atoms in total. The van der Waals surface area contributed by atoms with Gasteiger partial charge >= 0.3 is 0 Å². The predicted octanol–water partition coefficient (Wildman–Crippen LogP) is -1.06. The van der Waals surface area contributed by atoms with E-state index in [1.54, 1.807) is 0 Å². The lowest BCUT2D eigenvalue weighted by molar-refractivity contribution is 0.783. The van der Waals surface area contributed by atoms with Crippen LogP contribution in [0.1, 0.15) is 0 Å². The van der Waals surface area contributed by atoms with Gasteiger partial charge in [-0.05, 0) is 0 Å². The first-order chi connectivity index (χ1) is 3.79. The van der Waals surface area contributed by atoms with Crippen LogP contribution in [0, 0.1) is 0 Å². The minimum atomic E-state index is 0.678. The molecule has 0 aromatic carbocycles. The molecule has 0 spiro atoms. The second kappa shape index (κ2) is 1.65. The van der Waals surface area contributed by atoms with Crippen molar-refractivity contribution < 1.29 is 0 Å². The highest BCUT2D eigenvalue weighted by molar-refractivity contribution is 4.83. The number of aromatic nitrogens is 4. The van der Waals surface area contributed by atoms with Crippen molar-refractivity contribution in [2.75, 3.05) is 0 Å². The fourth-order valence-electron chi connectivity index (χ4n) is 0.364. The van der Waals surface area contributed by atoms with Gasteiger partial charge in [-0.15, -0.1) is 0 Å². The Morgan fingerprint density at radius 1 is 0.750 bits per heavy atom. The Hall–Kier alpha value is -1.32. The topological polar surface area (TPSA) is 63.2 Å². The zero-order valence-corrected chi connectivity index (χ0v) is 4.41. The van der Waals surface area contributed by atoms with Crippen molar-refractivity contribution in [2.45, 2.75) is 0 Å². The Morgan fingerprint density at radius 2 is 1.00 bits per heavy atom. The average molecular weight is 112 g/mol. The lowest BCUT2D eigenvalue weighted by atomic mass is 10.9. The molecule has 1 aromatic heterocycles. The van der Waals surface area contributed by atoms with Gasteiger partial charge in [-0.1, -0.05) is 13.2 Å². The van der Waals surface area contributed by atoms with Crippen LogP contribution >= 0.6 is 0 Å². The molecular weight excluding hydrogens is 104 g/mol. The van der Waals surface area contributed by atoms with Gasteiger partial charge in [-0.3, -0.25) is 20.4 Å². The highest BCUT2D eigenvalue weighted by atomic mass is 15.3. The summed E-state index contributed by atoms with van der Waals surface area (Å²) in [5.74, 6) is 0. The molecule has 44 valence electrons. The molecule has 0 saturated carbocycles. The number of aromatic amines is 4. The Balaban J connectivity index is 3.44. The van der Waals surface area contributed by atoms with Crippen LogP contribution in [0.2, 0.25) is 0 Å². The monoisotopic (exact) mass is 112 g/mol. The van der Waals surface area contributed by atoms with Crippen molar-refractivity contribution in [3.63, 3.8) is 0 Å². The predicted molar refractivity (Wildman–Crippen MR) is 31.8 cm³/mol. The highest BCUT2D eigenvalue weighted by Gasteiger charge is 1.64. The zero-order valence-electron chi connectivity index (χ0n) is 4.41. The summed E-state index contributed by atoms with van der Waals surface area (Å²) in [6, 6.07) is 0. The maximum atomic E-state index is 3.56. The minimum absolute atomic E-state index is 0.678. The Morgan fingerprint density at radius 3 is 1.25 bits per heavy atom. The molecule has 0 aliphatic carbocycles. The number of rotatable bonds is 0. The molecule has 8 heavy (non-hydrogen) atoms. The summed E-state index contributed by atoms with van der Waals surface area (Å²) in [7, 11) is 0. The van der Waals surface area contributed by atoms with E-state index in [0.29, 0.717) is 11.0 Å². The fourth-order valence-corrected chi connectivity index (χ4v) is 0.364. The van der Waals surface area contributed by atoms with Crippen LogP contribution in [-0.4, -0.2) is 20.4 Å². The lowest BCUT2D eigenvalue weighted by Crippen LogP contribution is -2.23. The number of hydrogen-bond acceptors (Lipinski definition) is 0. The summed E-state index contributed by atoms with van der Waals surface area (Å²) in [5.41, 5.74) is 1.36. The van der Waals surface area contributed by atoms with E-state index in [9.17, 15) is 0 Å². The normalized spacial score (nSPS) is 9.00. The smallest absolute Gasteiger partial charge is 0.129 e. The first-order valence-corrected chi connectivity index (χ1v) is 2.21. The molecule has 0 saturated heterocycles. The molecule has 0 bridgehead atoms. The lowest BCUT2D eigenvalue weighted by Gasteiger charge is -1.87. The van der Waals surface area contributed by atoms with Crippen molar-refractivity contribution in [3.05, 3.63) is 11.0 Å². The summed E-state index contributed by atoms with van der Waals surface area (Å²) in [4.78, 5) is 0. The molecule has 4 N–H and O–H groups in total. The molecule has 0 fully saturated rings. The molecule has 1 heterocycles. The van der Waals surface area contributed by atoms with Gasteiger partial charge in [0.05, 0.1) is 0 Å². The van der Waals surface area contributed by atoms with Crippen LogP contribution in [0.25, 0.3) is 13.2 Å². The third-order valence-corrected chi connectivity index (χ3v) is 0.729. The molecule has 4 heteroatoms. The molecule has 1 rings (SSSR count). The quantitative estimate of drug-likeness (QED) is 0.331. The molecule has 1 aromatic rings. The Kier molecular flexibility index (Phi) is 0.997. The fraction of sp³-hybridized carbons (Fsp3) is 0. The third-order valence-electron chi connectivity index (χ3n) is 0.729. The van der Waals surface area contributed by atoms with Crippen molar-refractivity contribution in [1.82, 2.24) is 20.4 Å². The van der Waals surface area contributed by atoms with Gasteiger partial charge in [-0.2, -0.15) is 0 Å². The minimum Gasteiger partial charge on any atom is -0.284 e. The van der Waals surface area contributed by atoms with Gasteiger partial charge in [0.2, 0.25) is 0 Å². The van der Waals surface area contributed by atoms with Crippen molar-refractivity contribution in [2.24, 2.45) is 0 Å². The van der Waals surface area contributed by atoms with Crippen LogP contribution < -0.4 is 11.0 Å². The van der Waals surface area contributed by atoms with Crippen LogP contribution in [0.3, 0.4) is 0 Å². The zero-order chi connectivity index (χ0) is 5.98. The summed E-state index contributed by atoms with van der Waals surface area (Å²) >= 11 is 0. The largest absolute Gasteiger partial charge is 0.284 e. The van der Waals surface area contributed by atoms with Crippen LogP contribution in [-0.2, 0) is 0 Å². The second-order valence-corrected chi connectivity index (χ2v) is 1.46. The molecule has 0 radical (unpaired) electrons. The van der Waals surface area contributed by atoms with Gasteiger partial charge in [-0.25, -0.2) is 0 Å². The van der Waals surface area contributed by atoms with E-state index >= 15 is 0 Å². The van der Waals surface area contributed by atoms with Gasteiger partial charge < -0.3 is 0 Å². The summed E-state index contributed by atoms with van der Waals surface area (Å²) in [6.07, 6.45) is 0. The molecule has 0 amide bonds. The van der Waals surface area contributed by atoms with E-state index in [1.807, 2.05) is 0 Å². The summed E-state index contributed by atoms with van der Waals surface area (Å²) in [5, 5.41) is 10.9. The number of hydrogen-bond donors (Lipinski definition) is 4. The van der Waals surface area contributed by atoms with Gasteiger partial charge in [0.15, 0.2) is 0 Å². The van der Waals surface area contributed by atoms with Gasteiger partial charge in [0, 0.05) is 0 Å². The molecule has 0 unspecified atom stereocenters. The highest BCUT2D eigenvalue weighted by Crippen LogP contribution is 1.31. The van der Waals surface area contributed by atoms with E-state index in [0.717, 1.165) is 0 Å². The standard InChI is InChI=1S/C4H8N4/c1-3-5-7-4(2)8-6-3/h5-8H,1-2H2. The van der Waals surface area contributed by atoms with Crippen molar-refractivity contribution >= 4 is 13.2 Å². The van der Waals surface area contributed by atoms with Crippen LogP contribution in [0.4, 0.5) is 0 Å². The van der Waals surface area contributed by atoms with Gasteiger partial charge in [0.25, 0.3) is 0 Å². The van der Waals surface area contributed by atoms with Crippen LogP contribution in [0.15, 0.2) is 0 Å². The number of H-pyrrole nitrogens is 4. The van der Waals surface area contributed by atoms with Gasteiger partial charge in [0.1, 0.15) is 11.0 Å². The van der Waals surface area contributed by atoms with E-state index < -0.39 is 0 Å². The maximum Gasteiger partial charge on any atom is 0.129 e. The maximum absolute atomic E-state index is 3.56. The second-order valence-electron chi connectivity index (χ2n) is 1.46. The summed E-state index contributed by atoms with van der Waals surface area (Å²) in [6.45, 7) is 7.12. The number of nitrogens with one attached hydrogen (secondary N) is 4. The van der Waals surface area contributed by atoms with Crippen molar-refractivity contribution in [1.29, 1.82) is 0 Å². The molecule has 0 aliphatic rings. The Labute approximate surface area is 45.6 Å². The molecular formula is C4H8N4. The Bertz CT molecular complexity index is 215.